The molecular weight excluding hydrogens is 316 g/mol. The van der Waals surface area contributed by atoms with Crippen LogP contribution in [0.15, 0.2) is 16.9 Å². The van der Waals surface area contributed by atoms with E-state index >= 15 is 0 Å². The number of piperidine rings is 1. The van der Waals surface area contributed by atoms with Crippen molar-refractivity contribution >= 4 is 5.91 Å². The summed E-state index contributed by atoms with van der Waals surface area (Å²) < 4.78 is 1.65. The van der Waals surface area contributed by atoms with E-state index < -0.39 is 0 Å². The van der Waals surface area contributed by atoms with Crippen LogP contribution in [0.5, 0.6) is 0 Å². The molecule has 1 atom stereocenters. The standard InChI is InChI=1S/C19H30N4O2/c1-19(2,3)16-4-5-18(25)23(21-16)13-14-6-8-22(9-7-14)12-15-10-17(24)20-11-15/h4-5,14-15H,6-13H2,1-3H3,(H,20,24). The summed E-state index contributed by atoms with van der Waals surface area (Å²) in [5.74, 6) is 1.14. The molecule has 6 heteroatoms. The number of rotatable bonds is 4. The number of carbonyl (C=O) groups excluding carboxylic acids is 1. The molecule has 138 valence electrons. The molecule has 2 aliphatic heterocycles. The van der Waals surface area contributed by atoms with E-state index in [-0.39, 0.29) is 16.9 Å². The summed E-state index contributed by atoms with van der Waals surface area (Å²) in [7, 11) is 0. The van der Waals surface area contributed by atoms with E-state index in [1.54, 1.807) is 10.7 Å². The largest absolute Gasteiger partial charge is 0.356 e. The van der Waals surface area contributed by atoms with Crippen LogP contribution in [-0.4, -0.2) is 46.8 Å². The van der Waals surface area contributed by atoms with Gasteiger partial charge in [0.25, 0.3) is 5.56 Å². The summed E-state index contributed by atoms with van der Waals surface area (Å²) in [5.41, 5.74) is 0.903. The van der Waals surface area contributed by atoms with E-state index in [1.807, 2.05) is 6.07 Å². The molecule has 25 heavy (non-hydrogen) atoms. The van der Waals surface area contributed by atoms with Gasteiger partial charge in [-0.3, -0.25) is 9.59 Å². The summed E-state index contributed by atoms with van der Waals surface area (Å²) in [6, 6.07) is 3.49. The lowest BCUT2D eigenvalue weighted by Gasteiger charge is -2.33. The molecule has 1 aromatic rings. The second kappa shape index (κ2) is 7.28. The molecule has 3 heterocycles. The van der Waals surface area contributed by atoms with Gasteiger partial charge in [-0.1, -0.05) is 20.8 Å². The topological polar surface area (TPSA) is 67.2 Å². The molecule has 0 radical (unpaired) electrons. The van der Waals surface area contributed by atoms with Crippen LogP contribution in [0.3, 0.4) is 0 Å². The lowest BCUT2D eigenvalue weighted by Crippen LogP contribution is -2.39. The highest BCUT2D eigenvalue weighted by molar-refractivity contribution is 5.78. The lowest BCUT2D eigenvalue weighted by atomic mass is 9.92. The molecule has 1 N–H and O–H groups in total. The first kappa shape index (κ1) is 18.1. The molecule has 0 bridgehead atoms. The van der Waals surface area contributed by atoms with Crippen molar-refractivity contribution in [3.8, 4) is 0 Å². The fraction of sp³-hybridized carbons (Fsp3) is 0.737. The molecular formula is C19H30N4O2. The Kier molecular flexibility index (Phi) is 5.27. The Morgan fingerprint density at radius 3 is 2.44 bits per heavy atom. The zero-order valence-corrected chi connectivity index (χ0v) is 15.6. The minimum atomic E-state index is -0.0500. The maximum absolute atomic E-state index is 12.1. The van der Waals surface area contributed by atoms with Gasteiger partial charge in [0.15, 0.2) is 0 Å². The number of amides is 1. The minimum Gasteiger partial charge on any atom is -0.356 e. The van der Waals surface area contributed by atoms with Crippen molar-refractivity contribution < 1.29 is 4.79 Å². The van der Waals surface area contributed by atoms with E-state index in [0.29, 0.717) is 24.8 Å². The van der Waals surface area contributed by atoms with Gasteiger partial charge in [0.1, 0.15) is 0 Å². The quantitative estimate of drug-likeness (QED) is 0.895. The van der Waals surface area contributed by atoms with Crippen molar-refractivity contribution in [2.24, 2.45) is 11.8 Å². The molecule has 1 aromatic heterocycles. The monoisotopic (exact) mass is 346 g/mol. The molecule has 3 rings (SSSR count). The Hall–Kier alpha value is -1.69. The highest BCUT2D eigenvalue weighted by Gasteiger charge is 2.27. The average Bonchev–Trinajstić information content (AvgIpc) is 2.95. The number of likely N-dealkylation sites (tertiary alicyclic amines) is 1. The average molecular weight is 346 g/mol. The summed E-state index contributed by atoms with van der Waals surface area (Å²) in [5, 5.41) is 7.51. The predicted molar refractivity (Wildman–Crippen MR) is 97.5 cm³/mol. The van der Waals surface area contributed by atoms with Gasteiger partial charge in [-0.15, -0.1) is 0 Å². The molecule has 0 spiro atoms. The number of hydrogen-bond acceptors (Lipinski definition) is 4. The summed E-state index contributed by atoms with van der Waals surface area (Å²) in [6.07, 6.45) is 2.84. The van der Waals surface area contributed by atoms with Crippen molar-refractivity contribution in [1.82, 2.24) is 20.0 Å². The Morgan fingerprint density at radius 2 is 1.84 bits per heavy atom. The van der Waals surface area contributed by atoms with Gasteiger partial charge in [0.2, 0.25) is 5.91 Å². The molecule has 6 nitrogen and oxygen atoms in total. The number of carbonyl (C=O) groups is 1. The second-order valence-electron chi connectivity index (χ2n) is 8.61. The molecule has 0 aliphatic carbocycles. The Labute approximate surface area is 149 Å². The Bertz CT molecular complexity index is 669. The first-order chi connectivity index (χ1) is 11.8. The smallest absolute Gasteiger partial charge is 0.266 e. The third-order valence-corrected chi connectivity index (χ3v) is 5.35. The van der Waals surface area contributed by atoms with Crippen LogP contribution in [-0.2, 0) is 16.8 Å². The molecule has 2 saturated heterocycles. The molecule has 1 amide bonds. The lowest BCUT2D eigenvalue weighted by molar-refractivity contribution is -0.119. The third-order valence-electron chi connectivity index (χ3n) is 5.35. The van der Waals surface area contributed by atoms with Crippen LogP contribution in [0, 0.1) is 11.8 Å². The van der Waals surface area contributed by atoms with Crippen molar-refractivity contribution in [3.05, 3.63) is 28.2 Å². The van der Waals surface area contributed by atoms with E-state index in [4.69, 9.17) is 0 Å². The summed E-state index contributed by atoms with van der Waals surface area (Å²) in [6.45, 7) is 11.0. The van der Waals surface area contributed by atoms with Crippen molar-refractivity contribution in [2.75, 3.05) is 26.2 Å². The molecule has 0 saturated carbocycles. The Balaban J connectivity index is 1.54. The number of nitrogens with zero attached hydrogens (tertiary/aromatic N) is 3. The molecule has 0 aromatic carbocycles. The Morgan fingerprint density at radius 1 is 1.12 bits per heavy atom. The fourth-order valence-corrected chi connectivity index (χ4v) is 3.73. The van der Waals surface area contributed by atoms with Gasteiger partial charge in [-0.25, -0.2) is 4.68 Å². The SMILES string of the molecule is CC(C)(C)c1ccc(=O)n(CC2CCN(CC3CNC(=O)C3)CC2)n1. The third kappa shape index (κ3) is 4.69. The number of aromatic nitrogens is 2. The second-order valence-corrected chi connectivity index (χ2v) is 8.61. The summed E-state index contributed by atoms with van der Waals surface area (Å²) >= 11 is 0. The van der Waals surface area contributed by atoms with Gasteiger partial charge in [-0.2, -0.15) is 5.10 Å². The number of nitrogens with one attached hydrogen (secondary N) is 1. The highest BCUT2D eigenvalue weighted by atomic mass is 16.2. The fourth-order valence-electron chi connectivity index (χ4n) is 3.73. The van der Waals surface area contributed by atoms with Gasteiger partial charge < -0.3 is 10.2 Å². The van der Waals surface area contributed by atoms with Crippen LogP contribution < -0.4 is 10.9 Å². The predicted octanol–water partition coefficient (Wildman–Crippen LogP) is 1.39. The van der Waals surface area contributed by atoms with Gasteiger partial charge in [0, 0.05) is 37.5 Å². The van der Waals surface area contributed by atoms with Gasteiger partial charge in [-0.05, 0) is 43.8 Å². The van der Waals surface area contributed by atoms with Crippen LogP contribution in [0.25, 0.3) is 0 Å². The van der Waals surface area contributed by atoms with Gasteiger partial charge in [0.05, 0.1) is 5.69 Å². The maximum Gasteiger partial charge on any atom is 0.266 e. The molecule has 2 aliphatic rings. The van der Waals surface area contributed by atoms with E-state index in [9.17, 15) is 9.59 Å². The van der Waals surface area contributed by atoms with E-state index in [1.165, 1.54) is 0 Å². The van der Waals surface area contributed by atoms with E-state index in [0.717, 1.165) is 44.7 Å². The van der Waals surface area contributed by atoms with Crippen molar-refractivity contribution in [1.29, 1.82) is 0 Å². The van der Waals surface area contributed by atoms with Crippen LogP contribution in [0.2, 0.25) is 0 Å². The van der Waals surface area contributed by atoms with Crippen LogP contribution >= 0.6 is 0 Å². The van der Waals surface area contributed by atoms with Crippen LogP contribution in [0.4, 0.5) is 0 Å². The van der Waals surface area contributed by atoms with Crippen LogP contribution in [0.1, 0.15) is 45.7 Å². The normalized spacial score (nSPS) is 23.0. The van der Waals surface area contributed by atoms with E-state index in [2.05, 4.69) is 36.1 Å². The summed E-state index contributed by atoms with van der Waals surface area (Å²) in [4.78, 5) is 25.9. The maximum atomic E-state index is 12.1. The van der Waals surface area contributed by atoms with Gasteiger partial charge >= 0.3 is 0 Å². The first-order valence-corrected chi connectivity index (χ1v) is 9.39. The zero-order chi connectivity index (χ0) is 18.0. The molecule has 1 unspecified atom stereocenters. The highest BCUT2D eigenvalue weighted by Crippen LogP contribution is 2.22. The number of hydrogen-bond donors (Lipinski definition) is 1. The minimum absolute atomic E-state index is 0.00836. The van der Waals surface area contributed by atoms with Crippen molar-refractivity contribution in [2.45, 2.75) is 52.0 Å². The zero-order valence-electron chi connectivity index (χ0n) is 15.6. The molecule has 2 fully saturated rings. The first-order valence-electron chi connectivity index (χ1n) is 9.39. The van der Waals surface area contributed by atoms with Crippen molar-refractivity contribution in [3.63, 3.8) is 0 Å².